The molecule has 6 nitrogen and oxygen atoms in total. The van der Waals surface area contributed by atoms with Crippen LogP contribution in [0.2, 0.25) is 0 Å². The quantitative estimate of drug-likeness (QED) is 0.768. The van der Waals surface area contributed by atoms with Crippen molar-refractivity contribution in [3.63, 3.8) is 0 Å². The van der Waals surface area contributed by atoms with E-state index in [1.54, 1.807) is 24.4 Å². The van der Waals surface area contributed by atoms with Crippen molar-refractivity contribution in [2.75, 3.05) is 5.32 Å². The molecule has 2 rings (SSSR count). The number of nitrogens with two attached hydrogens (primary N) is 1. The van der Waals surface area contributed by atoms with E-state index in [1.165, 1.54) is 0 Å². The van der Waals surface area contributed by atoms with Gasteiger partial charge in [0.05, 0.1) is 12.2 Å². The highest BCUT2D eigenvalue weighted by atomic mass is 16.2. The van der Waals surface area contributed by atoms with Crippen LogP contribution >= 0.6 is 0 Å². The molecule has 0 saturated carbocycles. The number of rotatable bonds is 4. The van der Waals surface area contributed by atoms with E-state index in [2.05, 4.69) is 20.8 Å². The predicted molar refractivity (Wildman–Crippen MR) is 72.2 cm³/mol. The molecule has 0 radical (unpaired) electrons. The van der Waals surface area contributed by atoms with Crippen molar-refractivity contribution < 1.29 is 4.79 Å². The monoisotopic (exact) mass is 257 g/mol. The largest absolute Gasteiger partial charge is 0.332 e. The summed E-state index contributed by atoms with van der Waals surface area (Å²) >= 11 is 0. The molecule has 19 heavy (non-hydrogen) atoms. The number of hydrogen-bond acceptors (Lipinski definition) is 4. The van der Waals surface area contributed by atoms with Crippen LogP contribution in [0.1, 0.15) is 11.3 Å². The second-order valence-electron chi connectivity index (χ2n) is 3.93. The molecule has 2 aromatic rings. The Morgan fingerprint density at radius 1 is 1.26 bits per heavy atom. The van der Waals surface area contributed by atoms with Gasteiger partial charge in [-0.1, -0.05) is 12.1 Å². The fraction of sp³-hybridized carbons (Fsp3) is 0.154. The van der Waals surface area contributed by atoms with Gasteiger partial charge in [0.1, 0.15) is 0 Å². The van der Waals surface area contributed by atoms with Crippen molar-refractivity contribution >= 4 is 11.7 Å². The number of nitrogens with one attached hydrogen (secondary N) is 2. The van der Waals surface area contributed by atoms with Gasteiger partial charge in [0, 0.05) is 18.4 Å². The van der Waals surface area contributed by atoms with Crippen LogP contribution in [-0.4, -0.2) is 16.2 Å². The topological polar surface area (TPSA) is 92.9 Å². The number of hydrogen-bond donors (Lipinski definition) is 3. The maximum Gasteiger partial charge on any atom is 0.319 e. The van der Waals surface area contributed by atoms with Crippen LogP contribution in [0, 0.1) is 0 Å². The molecule has 4 N–H and O–H groups in total. The molecule has 6 heteroatoms. The molecule has 1 heterocycles. The SMILES string of the molecule is NCc1cccc(NC(=O)NCc2cccnn2)c1. The highest BCUT2D eigenvalue weighted by Gasteiger charge is 2.02. The van der Waals surface area contributed by atoms with E-state index in [1.807, 2.05) is 18.2 Å². The van der Waals surface area contributed by atoms with Gasteiger partial charge in [-0.15, -0.1) is 0 Å². The molecule has 1 aromatic heterocycles. The standard InChI is InChI=1S/C13H15N5O/c14-8-10-3-1-4-11(7-10)17-13(19)15-9-12-5-2-6-16-18-12/h1-7H,8-9,14H2,(H2,15,17,19). The summed E-state index contributed by atoms with van der Waals surface area (Å²) in [5.41, 5.74) is 7.92. The molecule has 0 atom stereocenters. The Balaban J connectivity index is 1.87. The van der Waals surface area contributed by atoms with E-state index in [-0.39, 0.29) is 6.03 Å². The second kappa shape index (κ2) is 6.46. The number of urea groups is 1. The van der Waals surface area contributed by atoms with Gasteiger partial charge in [-0.2, -0.15) is 10.2 Å². The third-order valence-electron chi connectivity index (χ3n) is 2.48. The lowest BCUT2D eigenvalue weighted by Gasteiger charge is -2.08. The number of amides is 2. The van der Waals surface area contributed by atoms with Crippen molar-refractivity contribution in [3.05, 3.63) is 53.9 Å². The first kappa shape index (κ1) is 13.0. The fourth-order valence-corrected chi connectivity index (χ4v) is 1.55. The summed E-state index contributed by atoms with van der Waals surface area (Å²) < 4.78 is 0. The van der Waals surface area contributed by atoms with Crippen molar-refractivity contribution in [1.29, 1.82) is 0 Å². The summed E-state index contributed by atoms with van der Waals surface area (Å²) in [5.74, 6) is 0. The van der Waals surface area contributed by atoms with Gasteiger partial charge >= 0.3 is 6.03 Å². The van der Waals surface area contributed by atoms with Crippen LogP contribution in [0.5, 0.6) is 0 Å². The lowest BCUT2D eigenvalue weighted by molar-refractivity contribution is 0.251. The highest BCUT2D eigenvalue weighted by molar-refractivity contribution is 5.89. The van der Waals surface area contributed by atoms with Gasteiger partial charge in [-0.05, 0) is 29.8 Å². The Hall–Kier alpha value is -2.47. The van der Waals surface area contributed by atoms with E-state index >= 15 is 0 Å². The van der Waals surface area contributed by atoms with Gasteiger partial charge in [-0.25, -0.2) is 4.79 Å². The zero-order valence-corrected chi connectivity index (χ0v) is 10.3. The fourth-order valence-electron chi connectivity index (χ4n) is 1.55. The van der Waals surface area contributed by atoms with E-state index in [0.717, 1.165) is 5.56 Å². The minimum Gasteiger partial charge on any atom is -0.332 e. The Kier molecular flexibility index (Phi) is 4.41. The third kappa shape index (κ3) is 4.04. The molecule has 0 fully saturated rings. The summed E-state index contributed by atoms with van der Waals surface area (Å²) in [4.78, 5) is 11.7. The number of benzene rings is 1. The summed E-state index contributed by atoms with van der Waals surface area (Å²) in [6, 6.07) is 10.7. The average molecular weight is 257 g/mol. The summed E-state index contributed by atoms with van der Waals surface area (Å²) in [7, 11) is 0. The Morgan fingerprint density at radius 2 is 2.16 bits per heavy atom. The van der Waals surface area contributed by atoms with Crippen molar-refractivity contribution in [1.82, 2.24) is 15.5 Å². The Bertz CT molecular complexity index is 544. The third-order valence-corrected chi connectivity index (χ3v) is 2.48. The van der Waals surface area contributed by atoms with Crippen LogP contribution in [-0.2, 0) is 13.1 Å². The molecular weight excluding hydrogens is 242 g/mol. The van der Waals surface area contributed by atoms with E-state index < -0.39 is 0 Å². The number of aromatic nitrogens is 2. The molecule has 2 amide bonds. The van der Waals surface area contributed by atoms with Crippen LogP contribution < -0.4 is 16.4 Å². The first-order valence-corrected chi connectivity index (χ1v) is 5.88. The van der Waals surface area contributed by atoms with Gasteiger partial charge < -0.3 is 16.4 Å². The maximum atomic E-state index is 11.7. The molecule has 98 valence electrons. The molecular formula is C13H15N5O. The molecule has 0 bridgehead atoms. The van der Waals surface area contributed by atoms with Gasteiger partial charge in [0.15, 0.2) is 0 Å². The predicted octanol–water partition coefficient (Wildman–Crippen LogP) is 1.26. The lowest BCUT2D eigenvalue weighted by Crippen LogP contribution is -2.28. The van der Waals surface area contributed by atoms with Crippen LogP contribution in [0.15, 0.2) is 42.6 Å². The van der Waals surface area contributed by atoms with Crippen molar-refractivity contribution in [3.8, 4) is 0 Å². The van der Waals surface area contributed by atoms with E-state index in [0.29, 0.717) is 24.5 Å². The number of carbonyl (C=O) groups excluding carboxylic acids is 1. The highest BCUT2D eigenvalue weighted by Crippen LogP contribution is 2.09. The lowest BCUT2D eigenvalue weighted by atomic mass is 10.2. The number of carbonyl (C=O) groups is 1. The van der Waals surface area contributed by atoms with Crippen LogP contribution in [0.25, 0.3) is 0 Å². The zero-order valence-electron chi connectivity index (χ0n) is 10.3. The average Bonchev–Trinajstić information content (AvgIpc) is 2.46. The second-order valence-corrected chi connectivity index (χ2v) is 3.93. The molecule has 0 saturated heterocycles. The minimum absolute atomic E-state index is 0.292. The molecule has 0 aliphatic carbocycles. The van der Waals surface area contributed by atoms with E-state index in [9.17, 15) is 4.79 Å². The van der Waals surface area contributed by atoms with Crippen LogP contribution in [0.4, 0.5) is 10.5 Å². The zero-order chi connectivity index (χ0) is 13.5. The first-order valence-electron chi connectivity index (χ1n) is 5.88. The molecule has 0 aliphatic rings. The molecule has 1 aromatic carbocycles. The summed E-state index contributed by atoms with van der Waals surface area (Å²) in [6.45, 7) is 0.771. The summed E-state index contributed by atoms with van der Waals surface area (Å²) in [5, 5.41) is 13.0. The smallest absolute Gasteiger partial charge is 0.319 e. The molecule has 0 unspecified atom stereocenters. The van der Waals surface area contributed by atoms with Gasteiger partial charge in [-0.3, -0.25) is 0 Å². The molecule has 0 spiro atoms. The van der Waals surface area contributed by atoms with Gasteiger partial charge in [0.2, 0.25) is 0 Å². The number of anilines is 1. The molecule has 0 aliphatic heterocycles. The number of nitrogens with zero attached hydrogens (tertiary/aromatic N) is 2. The van der Waals surface area contributed by atoms with E-state index in [4.69, 9.17) is 5.73 Å². The Labute approximate surface area is 111 Å². The normalized spacial score (nSPS) is 9.95. The summed E-state index contributed by atoms with van der Waals surface area (Å²) in [6.07, 6.45) is 1.59. The van der Waals surface area contributed by atoms with Crippen molar-refractivity contribution in [2.24, 2.45) is 5.73 Å². The van der Waals surface area contributed by atoms with Crippen molar-refractivity contribution in [2.45, 2.75) is 13.1 Å². The van der Waals surface area contributed by atoms with Crippen LogP contribution in [0.3, 0.4) is 0 Å². The first-order chi connectivity index (χ1) is 9.28. The van der Waals surface area contributed by atoms with Gasteiger partial charge in [0.25, 0.3) is 0 Å². The Morgan fingerprint density at radius 3 is 2.89 bits per heavy atom. The minimum atomic E-state index is -0.292. The maximum absolute atomic E-state index is 11.7.